The van der Waals surface area contributed by atoms with Crippen molar-refractivity contribution in [3.05, 3.63) is 29.8 Å². The molecule has 0 spiro atoms. The molecule has 0 unspecified atom stereocenters. The van der Waals surface area contributed by atoms with Gasteiger partial charge in [0.1, 0.15) is 11.8 Å². The van der Waals surface area contributed by atoms with Crippen LogP contribution in [-0.2, 0) is 14.4 Å². The molecule has 1 atom stereocenters. The molecule has 0 aliphatic rings. The highest BCUT2D eigenvalue weighted by atomic mass is 16.5. The topological polar surface area (TPSA) is 136 Å². The predicted molar refractivity (Wildman–Crippen MR) is 75.1 cm³/mol. The number of amides is 2. The number of carboxylic acid groups (broad SMARTS) is 1. The van der Waals surface area contributed by atoms with Crippen LogP contribution in [0.3, 0.4) is 0 Å². The number of benzene rings is 1. The molecule has 8 nitrogen and oxygen atoms in total. The van der Waals surface area contributed by atoms with Crippen LogP contribution in [-0.4, -0.2) is 34.9 Å². The van der Waals surface area contributed by atoms with E-state index >= 15 is 0 Å². The normalized spacial score (nSPS) is 11.3. The maximum atomic E-state index is 12.1. The van der Waals surface area contributed by atoms with E-state index in [1.807, 2.05) is 0 Å². The molecule has 0 saturated carbocycles. The van der Waals surface area contributed by atoms with E-state index in [1.165, 1.54) is 19.1 Å². The second-order valence-electron chi connectivity index (χ2n) is 4.46. The first-order valence-corrected chi connectivity index (χ1v) is 6.40. The first-order valence-electron chi connectivity index (χ1n) is 6.40. The Balaban J connectivity index is 2.88. The molecule has 1 aromatic rings. The molecule has 0 saturated heterocycles. The Labute approximate surface area is 126 Å². The predicted octanol–water partition coefficient (Wildman–Crippen LogP) is 0.0604. The average molecular weight is 308 g/mol. The van der Waals surface area contributed by atoms with E-state index < -0.39 is 29.8 Å². The second-order valence-corrected chi connectivity index (χ2v) is 4.46. The molecule has 0 heterocycles. The summed E-state index contributed by atoms with van der Waals surface area (Å²) in [6.07, 6.45) is -0.311. The number of esters is 1. The first-order chi connectivity index (χ1) is 10.3. The fraction of sp³-hybridized carbons (Fsp3) is 0.286. The summed E-state index contributed by atoms with van der Waals surface area (Å²) >= 11 is 0. The van der Waals surface area contributed by atoms with Crippen molar-refractivity contribution >= 4 is 23.8 Å². The van der Waals surface area contributed by atoms with Gasteiger partial charge in [-0.1, -0.05) is 12.1 Å². The van der Waals surface area contributed by atoms with E-state index in [2.05, 4.69) is 5.32 Å². The Hall–Kier alpha value is -2.90. The second kappa shape index (κ2) is 7.77. The van der Waals surface area contributed by atoms with Gasteiger partial charge in [-0.05, 0) is 18.6 Å². The Morgan fingerprint density at radius 2 is 1.91 bits per heavy atom. The number of nitrogens with two attached hydrogens (primary N) is 1. The number of carboxylic acids is 1. The number of rotatable bonds is 7. The number of hydrogen-bond donors (Lipinski definition) is 3. The molecule has 0 bridgehead atoms. The van der Waals surface area contributed by atoms with E-state index in [1.54, 1.807) is 12.1 Å². The fourth-order valence-electron chi connectivity index (χ4n) is 1.68. The lowest BCUT2D eigenvalue weighted by Gasteiger charge is -2.15. The summed E-state index contributed by atoms with van der Waals surface area (Å²) in [5.74, 6) is -3.27. The number of aliphatic carboxylic acids is 1. The Morgan fingerprint density at radius 1 is 1.27 bits per heavy atom. The molecule has 0 fully saturated rings. The molecule has 1 aromatic carbocycles. The van der Waals surface area contributed by atoms with Gasteiger partial charge < -0.3 is 20.9 Å². The summed E-state index contributed by atoms with van der Waals surface area (Å²) in [6, 6.07) is 4.64. The van der Waals surface area contributed by atoms with Gasteiger partial charge in [0.25, 0.3) is 5.91 Å². The lowest BCUT2D eigenvalue weighted by Crippen LogP contribution is -2.41. The highest BCUT2D eigenvalue weighted by Crippen LogP contribution is 2.18. The zero-order valence-corrected chi connectivity index (χ0v) is 11.9. The number of carbonyl (C=O) groups is 4. The van der Waals surface area contributed by atoms with Gasteiger partial charge >= 0.3 is 11.9 Å². The summed E-state index contributed by atoms with van der Waals surface area (Å²) in [5, 5.41) is 11.3. The van der Waals surface area contributed by atoms with Crippen molar-refractivity contribution in [3.63, 3.8) is 0 Å². The van der Waals surface area contributed by atoms with Crippen LogP contribution >= 0.6 is 0 Å². The van der Waals surface area contributed by atoms with Crippen LogP contribution in [0.15, 0.2) is 24.3 Å². The van der Waals surface area contributed by atoms with Gasteiger partial charge in [-0.3, -0.25) is 14.4 Å². The molecule has 1 rings (SSSR count). The third kappa shape index (κ3) is 5.23. The number of nitrogens with one attached hydrogen (secondary N) is 1. The van der Waals surface area contributed by atoms with Crippen molar-refractivity contribution < 1.29 is 29.0 Å². The van der Waals surface area contributed by atoms with Gasteiger partial charge in [0, 0.05) is 13.3 Å². The van der Waals surface area contributed by atoms with Gasteiger partial charge in [0.15, 0.2) is 0 Å². The fourth-order valence-corrected chi connectivity index (χ4v) is 1.68. The van der Waals surface area contributed by atoms with Crippen molar-refractivity contribution in [2.75, 3.05) is 0 Å². The Morgan fingerprint density at radius 3 is 2.45 bits per heavy atom. The number of primary amides is 1. The maximum absolute atomic E-state index is 12.1. The van der Waals surface area contributed by atoms with Crippen molar-refractivity contribution in [2.24, 2.45) is 5.73 Å². The molecule has 0 aliphatic carbocycles. The lowest BCUT2D eigenvalue weighted by atomic mass is 10.1. The van der Waals surface area contributed by atoms with Gasteiger partial charge in [0.2, 0.25) is 5.91 Å². The van der Waals surface area contributed by atoms with Gasteiger partial charge in [-0.25, -0.2) is 4.79 Å². The largest absolute Gasteiger partial charge is 0.480 e. The van der Waals surface area contributed by atoms with Gasteiger partial charge in [-0.15, -0.1) is 0 Å². The highest BCUT2D eigenvalue weighted by molar-refractivity contribution is 5.99. The minimum atomic E-state index is -1.29. The minimum Gasteiger partial charge on any atom is -0.480 e. The van der Waals surface area contributed by atoms with Crippen LogP contribution in [0.5, 0.6) is 5.75 Å². The molecule has 8 heteroatoms. The molecule has 118 valence electrons. The maximum Gasteiger partial charge on any atom is 0.326 e. The molecular weight excluding hydrogens is 292 g/mol. The van der Waals surface area contributed by atoms with E-state index in [-0.39, 0.29) is 24.2 Å². The molecule has 4 N–H and O–H groups in total. The van der Waals surface area contributed by atoms with Gasteiger partial charge in [0.05, 0.1) is 5.56 Å². The van der Waals surface area contributed by atoms with Crippen molar-refractivity contribution in [2.45, 2.75) is 25.8 Å². The van der Waals surface area contributed by atoms with E-state index in [4.69, 9.17) is 15.6 Å². The molecule has 2 amide bonds. The molecular formula is C14H16N2O6. The quantitative estimate of drug-likeness (QED) is 0.481. The van der Waals surface area contributed by atoms with Crippen molar-refractivity contribution in [3.8, 4) is 5.75 Å². The van der Waals surface area contributed by atoms with Crippen molar-refractivity contribution in [1.29, 1.82) is 0 Å². The van der Waals surface area contributed by atoms with Crippen molar-refractivity contribution in [1.82, 2.24) is 5.32 Å². The zero-order valence-electron chi connectivity index (χ0n) is 11.9. The minimum absolute atomic E-state index is 0.0167. The summed E-state index contributed by atoms with van der Waals surface area (Å²) in [4.78, 5) is 44.9. The third-order valence-corrected chi connectivity index (χ3v) is 2.67. The summed E-state index contributed by atoms with van der Waals surface area (Å²) in [6.45, 7) is 1.18. The summed E-state index contributed by atoms with van der Waals surface area (Å²) in [5.41, 5.74) is 4.98. The van der Waals surface area contributed by atoms with E-state index in [0.29, 0.717) is 0 Å². The third-order valence-electron chi connectivity index (χ3n) is 2.67. The van der Waals surface area contributed by atoms with Crippen LogP contribution in [0.4, 0.5) is 0 Å². The lowest BCUT2D eigenvalue weighted by molar-refractivity contribution is -0.139. The SMILES string of the molecule is CC(=O)Oc1ccccc1C(=O)N[C@@H](CCC(N)=O)C(=O)O. The van der Waals surface area contributed by atoms with Gasteiger partial charge in [-0.2, -0.15) is 0 Å². The smallest absolute Gasteiger partial charge is 0.326 e. The van der Waals surface area contributed by atoms with Crippen LogP contribution < -0.4 is 15.8 Å². The Bertz CT molecular complexity index is 599. The number of para-hydroxylation sites is 1. The monoisotopic (exact) mass is 308 g/mol. The highest BCUT2D eigenvalue weighted by Gasteiger charge is 2.23. The summed E-state index contributed by atoms with van der Waals surface area (Å²) < 4.78 is 4.89. The van der Waals surface area contributed by atoms with E-state index in [0.717, 1.165) is 0 Å². The van der Waals surface area contributed by atoms with Crippen LogP contribution in [0.1, 0.15) is 30.1 Å². The number of hydrogen-bond acceptors (Lipinski definition) is 5. The number of carbonyl (C=O) groups excluding carboxylic acids is 3. The van der Waals surface area contributed by atoms with E-state index in [9.17, 15) is 19.2 Å². The molecule has 0 radical (unpaired) electrons. The molecule has 0 aromatic heterocycles. The average Bonchev–Trinajstić information content (AvgIpc) is 2.42. The standard InChI is InChI=1S/C14H16N2O6/c1-8(17)22-11-5-3-2-4-9(11)13(19)16-10(14(20)21)6-7-12(15)18/h2-5,10H,6-7H2,1H3,(H2,15,18)(H,16,19)(H,20,21)/t10-/m0/s1. The van der Waals surface area contributed by atoms with Crippen LogP contribution in [0, 0.1) is 0 Å². The summed E-state index contributed by atoms with van der Waals surface area (Å²) in [7, 11) is 0. The Kier molecular flexibility index (Phi) is 6.06. The van der Waals surface area contributed by atoms with Crippen LogP contribution in [0.2, 0.25) is 0 Å². The zero-order chi connectivity index (χ0) is 16.7. The van der Waals surface area contributed by atoms with Crippen LogP contribution in [0.25, 0.3) is 0 Å². The molecule has 0 aliphatic heterocycles. The number of ether oxygens (including phenoxy) is 1. The molecule has 22 heavy (non-hydrogen) atoms. The first kappa shape index (κ1) is 17.2.